The van der Waals surface area contributed by atoms with Crippen molar-refractivity contribution < 1.29 is 4.42 Å². The second-order valence-corrected chi connectivity index (χ2v) is 9.79. The Kier molecular flexibility index (Phi) is 5.07. The average molecular weight is 515 g/mol. The predicted octanol–water partition coefficient (Wildman–Crippen LogP) is 8.72. The van der Waals surface area contributed by atoms with Gasteiger partial charge in [0.15, 0.2) is 5.58 Å². The van der Waals surface area contributed by atoms with Gasteiger partial charge in [0, 0.05) is 51.7 Å². The van der Waals surface area contributed by atoms with Gasteiger partial charge in [-0.2, -0.15) is 0 Å². The first-order valence-corrected chi connectivity index (χ1v) is 13.2. The van der Waals surface area contributed by atoms with Crippen LogP contribution >= 0.6 is 0 Å². The van der Waals surface area contributed by atoms with E-state index < -0.39 is 0 Å². The molecule has 0 atom stereocenters. The van der Waals surface area contributed by atoms with Crippen LogP contribution in [0.25, 0.3) is 72.4 Å². The van der Waals surface area contributed by atoms with Crippen LogP contribution in [0.2, 0.25) is 0 Å². The minimum Gasteiger partial charge on any atom is -0.436 e. The summed E-state index contributed by atoms with van der Waals surface area (Å²) in [5.41, 5.74) is 9.93. The standard InChI is InChI=1S/C35H22N4O/c1-2-12-32-28(10-1)29-15-13-25(35-38-31-16-14-23(21-34(31)40-35)26-8-6-17-36-22-26)20-33(29)39(32)27-9-5-7-24(19-27)30-11-3-4-18-37-30/h1-22H. The van der Waals surface area contributed by atoms with Crippen molar-refractivity contribution >= 4 is 32.9 Å². The molecule has 4 aromatic heterocycles. The smallest absolute Gasteiger partial charge is 0.227 e. The van der Waals surface area contributed by atoms with Crippen molar-refractivity contribution in [1.29, 1.82) is 0 Å². The molecule has 0 saturated carbocycles. The van der Waals surface area contributed by atoms with Crippen molar-refractivity contribution in [3.05, 3.63) is 134 Å². The number of nitrogens with zero attached hydrogens (tertiary/aromatic N) is 4. The van der Waals surface area contributed by atoms with Crippen molar-refractivity contribution in [2.24, 2.45) is 0 Å². The van der Waals surface area contributed by atoms with E-state index >= 15 is 0 Å². The van der Waals surface area contributed by atoms with Gasteiger partial charge in [-0.25, -0.2) is 4.98 Å². The summed E-state index contributed by atoms with van der Waals surface area (Å²) in [4.78, 5) is 13.6. The van der Waals surface area contributed by atoms with Crippen LogP contribution in [0, 0.1) is 0 Å². The van der Waals surface area contributed by atoms with E-state index in [1.54, 1.807) is 6.20 Å². The largest absolute Gasteiger partial charge is 0.436 e. The third-order valence-electron chi connectivity index (χ3n) is 7.37. The first-order valence-electron chi connectivity index (χ1n) is 13.2. The van der Waals surface area contributed by atoms with Gasteiger partial charge in [0.05, 0.1) is 16.7 Å². The van der Waals surface area contributed by atoms with Gasteiger partial charge in [0.25, 0.3) is 0 Å². The summed E-state index contributed by atoms with van der Waals surface area (Å²) in [5, 5.41) is 2.38. The fourth-order valence-electron chi connectivity index (χ4n) is 5.48. The monoisotopic (exact) mass is 514 g/mol. The number of fused-ring (bicyclic) bond motifs is 4. The lowest BCUT2D eigenvalue weighted by atomic mass is 10.1. The molecule has 0 fully saturated rings. The van der Waals surface area contributed by atoms with E-state index in [-0.39, 0.29) is 0 Å². The summed E-state index contributed by atoms with van der Waals surface area (Å²) in [5.74, 6) is 0.597. The van der Waals surface area contributed by atoms with Crippen LogP contribution in [-0.2, 0) is 0 Å². The zero-order valence-electron chi connectivity index (χ0n) is 21.4. The molecular weight excluding hydrogens is 492 g/mol. The fraction of sp³-hybridized carbons (Fsp3) is 0. The van der Waals surface area contributed by atoms with Gasteiger partial charge in [-0.15, -0.1) is 0 Å². The van der Waals surface area contributed by atoms with Gasteiger partial charge in [-0.1, -0.05) is 54.6 Å². The number of hydrogen-bond donors (Lipinski definition) is 0. The number of aromatic nitrogens is 4. The van der Waals surface area contributed by atoms with Gasteiger partial charge < -0.3 is 8.98 Å². The van der Waals surface area contributed by atoms with Gasteiger partial charge in [-0.05, 0) is 66.2 Å². The third kappa shape index (κ3) is 3.68. The Morgan fingerprint density at radius 2 is 1.45 bits per heavy atom. The normalized spacial score (nSPS) is 11.5. The first-order chi connectivity index (χ1) is 19.8. The molecule has 4 aromatic carbocycles. The quantitative estimate of drug-likeness (QED) is 0.236. The molecule has 0 aliphatic carbocycles. The molecule has 4 heterocycles. The van der Waals surface area contributed by atoms with E-state index in [4.69, 9.17) is 9.40 Å². The molecule has 5 nitrogen and oxygen atoms in total. The summed E-state index contributed by atoms with van der Waals surface area (Å²) in [6.45, 7) is 0. The topological polar surface area (TPSA) is 56.7 Å². The highest BCUT2D eigenvalue weighted by Crippen LogP contribution is 2.36. The molecule has 0 aliphatic rings. The lowest BCUT2D eigenvalue weighted by Gasteiger charge is -2.10. The van der Waals surface area contributed by atoms with E-state index in [1.807, 2.05) is 54.9 Å². The van der Waals surface area contributed by atoms with Crippen LogP contribution < -0.4 is 0 Å². The highest BCUT2D eigenvalue weighted by Gasteiger charge is 2.16. The molecule has 40 heavy (non-hydrogen) atoms. The SMILES string of the molecule is c1ccc(-c2cccc(-n3c4ccccc4c4ccc(-c5nc6ccc(-c7cccnc7)cc6o5)cc43)c2)nc1. The Balaban J connectivity index is 1.29. The Morgan fingerprint density at radius 3 is 2.35 bits per heavy atom. The lowest BCUT2D eigenvalue weighted by molar-refractivity contribution is 0.620. The minimum absolute atomic E-state index is 0.597. The van der Waals surface area contributed by atoms with Crippen molar-refractivity contribution in [1.82, 2.24) is 19.5 Å². The van der Waals surface area contributed by atoms with Gasteiger partial charge in [0.1, 0.15) is 5.52 Å². The van der Waals surface area contributed by atoms with Crippen molar-refractivity contribution in [2.45, 2.75) is 0 Å². The summed E-state index contributed by atoms with van der Waals surface area (Å²) in [6.07, 6.45) is 5.46. The van der Waals surface area contributed by atoms with Crippen LogP contribution in [0.5, 0.6) is 0 Å². The molecule has 0 spiro atoms. The van der Waals surface area contributed by atoms with Crippen LogP contribution in [0.1, 0.15) is 0 Å². The molecule has 8 aromatic rings. The van der Waals surface area contributed by atoms with E-state index in [1.165, 1.54) is 10.8 Å². The zero-order chi connectivity index (χ0) is 26.5. The predicted molar refractivity (Wildman–Crippen MR) is 160 cm³/mol. The van der Waals surface area contributed by atoms with Gasteiger partial charge in [-0.3, -0.25) is 9.97 Å². The number of hydrogen-bond acceptors (Lipinski definition) is 4. The number of para-hydroxylation sites is 1. The molecule has 5 heteroatoms. The molecule has 0 unspecified atom stereocenters. The summed E-state index contributed by atoms with van der Waals surface area (Å²) < 4.78 is 8.62. The molecule has 0 amide bonds. The maximum atomic E-state index is 6.31. The Hall–Kier alpha value is -5.55. The molecule has 188 valence electrons. The fourth-order valence-corrected chi connectivity index (χ4v) is 5.48. The third-order valence-corrected chi connectivity index (χ3v) is 7.37. The van der Waals surface area contributed by atoms with Gasteiger partial charge in [0.2, 0.25) is 5.89 Å². The van der Waals surface area contributed by atoms with E-state index in [0.29, 0.717) is 5.89 Å². The summed E-state index contributed by atoms with van der Waals surface area (Å²) in [7, 11) is 0. The second-order valence-electron chi connectivity index (χ2n) is 9.79. The van der Waals surface area contributed by atoms with Crippen LogP contribution in [-0.4, -0.2) is 19.5 Å². The Morgan fingerprint density at radius 1 is 0.575 bits per heavy atom. The molecule has 0 saturated heterocycles. The lowest BCUT2D eigenvalue weighted by Crippen LogP contribution is -1.95. The summed E-state index contributed by atoms with van der Waals surface area (Å²) >= 11 is 0. The highest BCUT2D eigenvalue weighted by molar-refractivity contribution is 6.10. The molecule has 0 aliphatic heterocycles. The highest BCUT2D eigenvalue weighted by atomic mass is 16.3. The minimum atomic E-state index is 0.597. The van der Waals surface area contributed by atoms with E-state index in [9.17, 15) is 0 Å². The van der Waals surface area contributed by atoms with Crippen LogP contribution in [0.15, 0.2) is 138 Å². The number of oxazole rings is 1. The van der Waals surface area contributed by atoms with Crippen LogP contribution in [0.3, 0.4) is 0 Å². The molecule has 0 bridgehead atoms. The molecule has 8 rings (SSSR count). The maximum Gasteiger partial charge on any atom is 0.227 e. The maximum absolute atomic E-state index is 6.31. The van der Waals surface area contributed by atoms with E-state index in [0.717, 1.165) is 55.8 Å². The van der Waals surface area contributed by atoms with Crippen LogP contribution in [0.4, 0.5) is 0 Å². The molecular formula is C35H22N4O. The number of rotatable bonds is 4. The van der Waals surface area contributed by atoms with Crippen molar-refractivity contribution in [2.75, 3.05) is 0 Å². The van der Waals surface area contributed by atoms with E-state index in [2.05, 4.69) is 87.3 Å². The Labute approximate surface area is 230 Å². The van der Waals surface area contributed by atoms with Gasteiger partial charge >= 0.3 is 0 Å². The first kappa shape index (κ1) is 22.4. The average Bonchev–Trinajstić information content (AvgIpc) is 3.60. The Bertz CT molecular complexity index is 2160. The number of pyridine rings is 2. The zero-order valence-corrected chi connectivity index (χ0v) is 21.4. The van der Waals surface area contributed by atoms with Crippen molar-refractivity contribution in [3.63, 3.8) is 0 Å². The van der Waals surface area contributed by atoms with Crippen molar-refractivity contribution in [3.8, 4) is 39.5 Å². The second kappa shape index (κ2) is 9.03. The molecule has 0 N–H and O–H groups in total. The molecule has 0 radical (unpaired) electrons. The number of benzene rings is 4. The summed E-state index contributed by atoms with van der Waals surface area (Å²) in [6, 6.07) is 39.5.